The Morgan fingerprint density at radius 2 is 1.92 bits per heavy atom. The van der Waals surface area contributed by atoms with Crippen molar-refractivity contribution in [3.8, 4) is 0 Å². The summed E-state index contributed by atoms with van der Waals surface area (Å²) < 4.78 is 31.0. The summed E-state index contributed by atoms with van der Waals surface area (Å²) in [4.78, 5) is 23.8. The zero-order chi connectivity index (χ0) is 17.9. The summed E-state index contributed by atoms with van der Waals surface area (Å²) in [6.07, 6.45) is 3.07. The Labute approximate surface area is 144 Å². The van der Waals surface area contributed by atoms with Crippen molar-refractivity contribution >= 4 is 23.5 Å². The number of rotatable bonds is 4. The number of esters is 1. The minimum Gasteiger partial charge on any atom is -0.452 e. The van der Waals surface area contributed by atoms with E-state index in [-0.39, 0.29) is 16.6 Å². The Morgan fingerprint density at radius 1 is 1.25 bits per heavy atom. The van der Waals surface area contributed by atoms with Gasteiger partial charge in [0, 0.05) is 6.04 Å². The third kappa shape index (κ3) is 4.44. The number of nitrogens with one attached hydrogen (secondary N) is 1. The maximum Gasteiger partial charge on any atom is 0.340 e. The fourth-order valence-corrected chi connectivity index (χ4v) is 3.15. The van der Waals surface area contributed by atoms with E-state index in [9.17, 15) is 18.4 Å². The molecule has 2 rings (SSSR count). The Kier molecular flexibility index (Phi) is 6.15. The fourth-order valence-electron chi connectivity index (χ4n) is 2.92. The molecule has 7 heteroatoms. The van der Waals surface area contributed by atoms with Gasteiger partial charge in [0.25, 0.3) is 5.91 Å². The molecule has 0 saturated heterocycles. The molecule has 0 aliphatic heterocycles. The predicted octanol–water partition coefficient (Wildman–Crippen LogP) is 3.72. The molecule has 1 fully saturated rings. The van der Waals surface area contributed by atoms with Crippen LogP contribution in [0, 0.1) is 23.5 Å². The average molecular weight is 360 g/mol. The fraction of sp³-hybridized carbons (Fsp3) is 0.529. The van der Waals surface area contributed by atoms with Crippen LogP contribution in [0.3, 0.4) is 0 Å². The highest BCUT2D eigenvalue weighted by Gasteiger charge is 2.28. The molecule has 0 bridgehead atoms. The summed E-state index contributed by atoms with van der Waals surface area (Å²) in [5.41, 5.74) is -0.317. The number of carbonyl (C=O) groups is 2. The van der Waals surface area contributed by atoms with E-state index in [2.05, 4.69) is 19.2 Å². The Balaban J connectivity index is 1.90. The standard InChI is InChI=1S/C17H20ClF2NO3/c1-9-4-3-5-15(10(9)2)21-16(22)8-24-17(23)11-6-13(19)14(20)7-12(11)18/h6-7,9-10,15H,3-5,8H2,1-2H3,(H,21,22)/t9-,10-,15-/m1/s1. The van der Waals surface area contributed by atoms with Crippen LogP contribution in [-0.2, 0) is 9.53 Å². The van der Waals surface area contributed by atoms with Gasteiger partial charge in [-0.3, -0.25) is 4.79 Å². The van der Waals surface area contributed by atoms with Crippen LogP contribution in [0.1, 0.15) is 43.5 Å². The lowest BCUT2D eigenvalue weighted by Crippen LogP contribution is -2.45. The Morgan fingerprint density at radius 3 is 2.62 bits per heavy atom. The van der Waals surface area contributed by atoms with Gasteiger partial charge in [0.05, 0.1) is 10.6 Å². The largest absolute Gasteiger partial charge is 0.452 e. The van der Waals surface area contributed by atoms with Crippen LogP contribution in [0.5, 0.6) is 0 Å². The molecule has 1 aliphatic rings. The molecule has 1 saturated carbocycles. The lowest BCUT2D eigenvalue weighted by molar-refractivity contribution is -0.125. The smallest absolute Gasteiger partial charge is 0.340 e. The first kappa shape index (κ1) is 18.6. The molecule has 132 valence electrons. The number of hydrogen-bond donors (Lipinski definition) is 1. The molecule has 1 aliphatic carbocycles. The molecule has 0 heterocycles. The second kappa shape index (κ2) is 7.92. The van der Waals surface area contributed by atoms with Crippen LogP contribution in [0.4, 0.5) is 8.78 Å². The Hall–Kier alpha value is -1.69. The maximum absolute atomic E-state index is 13.2. The van der Waals surface area contributed by atoms with Crippen molar-refractivity contribution in [3.63, 3.8) is 0 Å². The summed E-state index contributed by atoms with van der Waals surface area (Å²) in [6.45, 7) is 3.74. The van der Waals surface area contributed by atoms with Gasteiger partial charge in [0.1, 0.15) is 0 Å². The molecule has 1 aromatic rings. The SMILES string of the molecule is C[C@@H]1[C@H](C)CCC[C@H]1NC(=O)COC(=O)c1cc(F)c(F)cc1Cl. The van der Waals surface area contributed by atoms with E-state index in [1.165, 1.54) is 0 Å². The summed E-state index contributed by atoms with van der Waals surface area (Å²) in [5, 5.41) is 2.59. The lowest BCUT2D eigenvalue weighted by atomic mass is 9.78. The molecule has 0 radical (unpaired) electrons. The highest BCUT2D eigenvalue weighted by atomic mass is 35.5. The van der Waals surface area contributed by atoms with Crippen molar-refractivity contribution in [2.45, 2.75) is 39.2 Å². The van der Waals surface area contributed by atoms with Crippen molar-refractivity contribution in [1.29, 1.82) is 0 Å². The molecule has 24 heavy (non-hydrogen) atoms. The quantitative estimate of drug-likeness (QED) is 0.658. The summed E-state index contributed by atoms with van der Waals surface area (Å²) >= 11 is 5.69. The van der Waals surface area contributed by atoms with Gasteiger partial charge in [-0.05, 0) is 30.4 Å². The van der Waals surface area contributed by atoms with Gasteiger partial charge in [-0.15, -0.1) is 0 Å². The Bertz CT molecular complexity index is 639. The number of halogens is 3. The van der Waals surface area contributed by atoms with Crippen LogP contribution in [0.25, 0.3) is 0 Å². The third-order valence-electron chi connectivity index (χ3n) is 4.62. The minimum atomic E-state index is -1.21. The summed E-state index contributed by atoms with van der Waals surface area (Å²) in [7, 11) is 0. The van der Waals surface area contributed by atoms with Gasteiger partial charge in [-0.25, -0.2) is 13.6 Å². The molecule has 0 unspecified atom stereocenters. The van der Waals surface area contributed by atoms with Crippen LogP contribution in [0.2, 0.25) is 5.02 Å². The van der Waals surface area contributed by atoms with E-state index in [4.69, 9.17) is 16.3 Å². The number of hydrogen-bond acceptors (Lipinski definition) is 3. The summed E-state index contributed by atoms with van der Waals surface area (Å²) in [6, 6.07) is 1.40. The second-order valence-electron chi connectivity index (χ2n) is 6.26. The van der Waals surface area contributed by atoms with E-state index in [1.54, 1.807) is 0 Å². The first-order valence-electron chi connectivity index (χ1n) is 7.90. The monoisotopic (exact) mass is 359 g/mol. The van der Waals surface area contributed by atoms with Crippen molar-refractivity contribution in [3.05, 3.63) is 34.4 Å². The summed E-state index contributed by atoms with van der Waals surface area (Å²) in [5.74, 6) is -2.89. The van der Waals surface area contributed by atoms with Gasteiger partial charge < -0.3 is 10.1 Å². The van der Waals surface area contributed by atoms with E-state index in [1.807, 2.05) is 0 Å². The second-order valence-corrected chi connectivity index (χ2v) is 6.67. The number of benzene rings is 1. The molecule has 3 atom stereocenters. The molecule has 0 aromatic heterocycles. The van der Waals surface area contributed by atoms with E-state index in [0.717, 1.165) is 19.3 Å². The first-order chi connectivity index (χ1) is 11.3. The maximum atomic E-state index is 13.2. The van der Waals surface area contributed by atoms with Crippen LogP contribution in [0.15, 0.2) is 12.1 Å². The molecule has 1 amide bonds. The first-order valence-corrected chi connectivity index (χ1v) is 8.28. The topological polar surface area (TPSA) is 55.4 Å². The molecule has 0 spiro atoms. The van der Waals surface area contributed by atoms with Crippen molar-refractivity contribution < 1.29 is 23.1 Å². The molecule has 4 nitrogen and oxygen atoms in total. The van der Waals surface area contributed by atoms with Gasteiger partial charge in [-0.1, -0.05) is 38.3 Å². The lowest BCUT2D eigenvalue weighted by Gasteiger charge is -2.34. The zero-order valence-electron chi connectivity index (χ0n) is 13.6. The molecule has 1 aromatic carbocycles. The zero-order valence-corrected chi connectivity index (χ0v) is 14.3. The van der Waals surface area contributed by atoms with Crippen molar-refractivity contribution in [2.24, 2.45) is 11.8 Å². The van der Waals surface area contributed by atoms with Gasteiger partial charge in [-0.2, -0.15) is 0 Å². The van der Waals surface area contributed by atoms with Gasteiger partial charge in [0.15, 0.2) is 18.2 Å². The van der Waals surface area contributed by atoms with Gasteiger partial charge >= 0.3 is 5.97 Å². The van der Waals surface area contributed by atoms with Crippen LogP contribution in [-0.4, -0.2) is 24.5 Å². The normalized spacial score (nSPS) is 23.6. The highest BCUT2D eigenvalue weighted by Crippen LogP contribution is 2.29. The van der Waals surface area contributed by atoms with Gasteiger partial charge in [0.2, 0.25) is 0 Å². The average Bonchev–Trinajstić information content (AvgIpc) is 2.53. The van der Waals surface area contributed by atoms with Crippen molar-refractivity contribution in [2.75, 3.05) is 6.61 Å². The molecular formula is C17H20ClF2NO3. The highest BCUT2D eigenvalue weighted by molar-refractivity contribution is 6.33. The predicted molar refractivity (Wildman–Crippen MR) is 85.8 cm³/mol. The third-order valence-corrected chi connectivity index (χ3v) is 4.93. The minimum absolute atomic E-state index is 0.0480. The van der Waals surface area contributed by atoms with E-state index >= 15 is 0 Å². The number of carbonyl (C=O) groups excluding carboxylic acids is 2. The van der Waals surface area contributed by atoms with Crippen LogP contribution < -0.4 is 5.32 Å². The van der Waals surface area contributed by atoms with Crippen LogP contribution >= 0.6 is 11.6 Å². The molecular weight excluding hydrogens is 340 g/mol. The van der Waals surface area contributed by atoms with Crippen molar-refractivity contribution in [1.82, 2.24) is 5.32 Å². The molecule has 1 N–H and O–H groups in total. The van der Waals surface area contributed by atoms with E-state index < -0.39 is 30.1 Å². The number of amides is 1. The van der Waals surface area contributed by atoms with E-state index in [0.29, 0.717) is 24.0 Å². The number of ether oxygens (including phenoxy) is 1.